The van der Waals surface area contributed by atoms with Crippen molar-refractivity contribution in [1.82, 2.24) is 19.3 Å². The van der Waals surface area contributed by atoms with Crippen molar-refractivity contribution in [3.05, 3.63) is 69.2 Å². The maximum Gasteiger partial charge on any atom is 0.331 e. The van der Waals surface area contributed by atoms with Gasteiger partial charge in [-0.05, 0) is 43.2 Å². The average Bonchev–Trinajstić information content (AvgIpc) is 3.28. The summed E-state index contributed by atoms with van der Waals surface area (Å²) in [4.78, 5) is 30.6. The standard InChI is InChI=1S/C24H26N4O5/c1-5-32-19-11-10-16(12-20(19)31-4)22-25-21(33-26-22)14-27-18-9-7-6-8-17(18)23(29)28(24(27)30)13-15(2)3/h6-12,15H,5,13-14H2,1-4H3. The Labute approximate surface area is 190 Å². The van der Waals surface area contributed by atoms with Gasteiger partial charge in [0, 0.05) is 12.1 Å². The minimum absolute atomic E-state index is 0.0406. The molecule has 0 N–H and O–H groups in total. The molecule has 0 fully saturated rings. The van der Waals surface area contributed by atoms with Gasteiger partial charge in [-0.15, -0.1) is 0 Å². The topological polar surface area (TPSA) is 101 Å². The van der Waals surface area contributed by atoms with Crippen molar-refractivity contribution in [2.24, 2.45) is 5.92 Å². The second-order valence-electron chi connectivity index (χ2n) is 8.01. The monoisotopic (exact) mass is 450 g/mol. The van der Waals surface area contributed by atoms with Crippen molar-refractivity contribution < 1.29 is 14.0 Å². The van der Waals surface area contributed by atoms with Crippen LogP contribution in [0.5, 0.6) is 11.5 Å². The Morgan fingerprint density at radius 2 is 1.85 bits per heavy atom. The van der Waals surface area contributed by atoms with Gasteiger partial charge in [0.05, 0.1) is 24.6 Å². The Bertz CT molecular complexity index is 1400. The highest BCUT2D eigenvalue weighted by atomic mass is 16.5. The van der Waals surface area contributed by atoms with Gasteiger partial charge in [-0.3, -0.25) is 13.9 Å². The normalized spacial score (nSPS) is 11.3. The number of para-hydroxylation sites is 1. The number of hydrogen-bond acceptors (Lipinski definition) is 7. The zero-order valence-electron chi connectivity index (χ0n) is 19.1. The molecule has 0 aliphatic heterocycles. The van der Waals surface area contributed by atoms with Crippen LogP contribution in [0.25, 0.3) is 22.3 Å². The molecule has 0 saturated carbocycles. The lowest BCUT2D eigenvalue weighted by Crippen LogP contribution is -2.41. The predicted molar refractivity (Wildman–Crippen MR) is 124 cm³/mol. The molecule has 2 heterocycles. The van der Waals surface area contributed by atoms with Crippen LogP contribution in [0.3, 0.4) is 0 Å². The molecule has 0 unspecified atom stereocenters. The minimum Gasteiger partial charge on any atom is -0.493 e. The molecular formula is C24H26N4O5. The zero-order chi connectivity index (χ0) is 23.5. The molecule has 33 heavy (non-hydrogen) atoms. The van der Waals surface area contributed by atoms with Crippen molar-refractivity contribution >= 4 is 10.9 Å². The van der Waals surface area contributed by atoms with Gasteiger partial charge in [-0.1, -0.05) is 31.1 Å². The SMILES string of the molecule is CCOc1ccc(-c2noc(Cn3c(=O)n(CC(C)C)c(=O)c4ccccc43)n2)cc1OC. The average molecular weight is 450 g/mol. The van der Waals surface area contributed by atoms with Gasteiger partial charge < -0.3 is 14.0 Å². The summed E-state index contributed by atoms with van der Waals surface area (Å²) in [5.74, 6) is 1.93. The molecule has 0 spiro atoms. The number of rotatable bonds is 8. The van der Waals surface area contributed by atoms with Crippen molar-refractivity contribution in [2.75, 3.05) is 13.7 Å². The maximum atomic E-state index is 13.2. The number of aromatic nitrogens is 4. The van der Waals surface area contributed by atoms with Gasteiger partial charge in [0.1, 0.15) is 6.54 Å². The number of nitrogens with zero attached hydrogens (tertiary/aromatic N) is 4. The lowest BCUT2D eigenvalue weighted by atomic mass is 10.2. The van der Waals surface area contributed by atoms with E-state index < -0.39 is 5.69 Å². The molecule has 0 saturated heterocycles. The third-order valence-electron chi connectivity index (χ3n) is 5.16. The first-order valence-corrected chi connectivity index (χ1v) is 10.8. The summed E-state index contributed by atoms with van der Waals surface area (Å²) in [5, 5.41) is 4.53. The summed E-state index contributed by atoms with van der Waals surface area (Å²) in [6, 6.07) is 12.4. The highest BCUT2D eigenvalue weighted by molar-refractivity contribution is 5.77. The molecule has 4 rings (SSSR count). The summed E-state index contributed by atoms with van der Waals surface area (Å²) >= 11 is 0. The molecule has 9 nitrogen and oxygen atoms in total. The van der Waals surface area contributed by atoms with E-state index in [-0.39, 0.29) is 23.9 Å². The molecule has 0 radical (unpaired) electrons. The Morgan fingerprint density at radius 3 is 2.58 bits per heavy atom. The molecule has 4 aromatic rings. The molecule has 0 atom stereocenters. The quantitative estimate of drug-likeness (QED) is 0.406. The molecular weight excluding hydrogens is 424 g/mol. The van der Waals surface area contributed by atoms with E-state index in [1.165, 1.54) is 9.13 Å². The van der Waals surface area contributed by atoms with Crippen molar-refractivity contribution in [2.45, 2.75) is 33.9 Å². The van der Waals surface area contributed by atoms with E-state index in [4.69, 9.17) is 14.0 Å². The van der Waals surface area contributed by atoms with Gasteiger partial charge >= 0.3 is 5.69 Å². The van der Waals surface area contributed by atoms with Crippen molar-refractivity contribution in [3.8, 4) is 22.9 Å². The van der Waals surface area contributed by atoms with E-state index >= 15 is 0 Å². The first kappa shape index (κ1) is 22.3. The fourth-order valence-electron chi connectivity index (χ4n) is 3.70. The van der Waals surface area contributed by atoms with E-state index in [0.717, 1.165) is 0 Å². The van der Waals surface area contributed by atoms with Gasteiger partial charge in [0.25, 0.3) is 5.56 Å². The van der Waals surface area contributed by atoms with Gasteiger partial charge in [-0.2, -0.15) is 4.98 Å². The third-order valence-corrected chi connectivity index (χ3v) is 5.16. The van der Waals surface area contributed by atoms with Gasteiger partial charge in [0.2, 0.25) is 11.7 Å². The molecule has 9 heteroatoms. The summed E-state index contributed by atoms with van der Waals surface area (Å²) in [6.07, 6.45) is 0. The maximum absolute atomic E-state index is 13.2. The highest BCUT2D eigenvalue weighted by Crippen LogP contribution is 2.31. The number of ether oxygens (including phenoxy) is 2. The van der Waals surface area contributed by atoms with Crippen molar-refractivity contribution in [1.29, 1.82) is 0 Å². The van der Waals surface area contributed by atoms with Crippen LogP contribution in [0.4, 0.5) is 0 Å². The smallest absolute Gasteiger partial charge is 0.331 e. The molecule has 2 aromatic carbocycles. The highest BCUT2D eigenvalue weighted by Gasteiger charge is 2.17. The molecule has 2 aromatic heterocycles. The van der Waals surface area contributed by atoms with E-state index in [1.54, 1.807) is 43.5 Å². The Hall–Kier alpha value is -3.88. The molecule has 0 aliphatic carbocycles. The van der Waals surface area contributed by atoms with Gasteiger partial charge in [-0.25, -0.2) is 4.79 Å². The first-order valence-electron chi connectivity index (χ1n) is 10.8. The largest absolute Gasteiger partial charge is 0.493 e. The summed E-state index contributed by atoms with van der Waals surface area (Å²) < 4.78 is 19.2. The Morgan fingerprint density at radius 1 is 1.06 bits per heavy atom. The summed E-state index contributed by atoms with van der Waals surface area (Å²) in [7, 11) is 1.56. The fourth-order valence-corrected chi connectivity index (χ4v) is 3.70. The number of fused-ring (bicyclic) bond motifs is 1. The molecule has 0 amide bonds. The van der Waals surface area contributed by atoms with Gasteiger partial charge in [0.15, 0.2) is 11.5 Å². The van der Waals surface area contributed by atoms with Crippen LogP contribution in [0.1, 0.15) is 26.7 Å². The zero-order valence-corrected chi connectivity index (χ0v) is 19.1. The van der Waals surface area contributed by atoms with Crippen LogP contribution in [-0.4, -0.2) is 33.0 Å². The minimum atomic E-state index is -0.408. The van der Waals surface area contributed by atoms with E-state index in [0.29, 0.717) is 46.9 Å². The van der Waals surface area contributed by atoms with Crippen LogP contribution in [0.2, 0.25) is 0 Å². The second kappa shape index (κ2) is 9.32. The number of hydrogen-bond donors (Lipinski definition) is 0. The molecule has 0 bridgehead atoms. The first-order chi connectivity index (χ1) is 15.9. The van der Waals surface area contributed by atoms with Crippen LogP contribution < -0.4 is 20.7 Å². The molecule has 172 valence electrons. The predicted octanol–water partition coefficient (Wildman–Crippen LogP) is 3.32. The van der Waals surface area contributed by atoms with Crippen LogP contribution in [0, 0.1) is 5.92 Å². The Kier molecular flexibility index (Phi) is 6.30. The third kappa shape index (κ3) is 4.39. The van der Waals surface area contributed by atoms with Crippen LogP contribution in [0.15, 0.2) is 56.6 Å². The summed E-state index contributed by atoms with van der Waals surface area (Å²) in [5.41, 5.74) is 0.505. The number of methoxy groups -OCH3 is 1. The molecule has 0 aliphatic rings. The number of benzene rings is 2. The van der Waals surface area contributed by atoms with Crippen LogP contribution in [-0.2, 0) is 13.1 Å². The van der Waals surface area contributed by atoms with Crippen molar-refractivity contribution in [3.63, 3.8) is 0 Å². The second-order valence-corrected chi connectivity index (χ2v) is 8.01. The summed E-state index contributed by atoms with van der Waals surface area (Å²) in [6.45, 7) is 6.70. The van der Waals surface area contributed by atoms with E-state index in [1.807, 2.05) is 26.8 Å². The Balaban J connectivity index is 1.74. The van der Waals surface area contributed by atoms with E-state index in [2.05, 4.69) is 10.1 Å². The van der Waals surface area contributed by atoms with Crippen LogP contribution >= 0.6 is 0 Å². The van der Waals surface area contributed by atoms with E-state index in [9.17, 15) is 9.59 Å². The lowest BCUT2D eigenvalue weighted by Gasteiger charge is -2.14. The fraction of sp³-hybridized carbons (Fsp3) is 0.333. The lowest BCUT2D eigenvalue weighted by molar-refractivity contribution is 0.311.